The molecule has 20 heavy (non-hydrogen) atoms. The Kier molecular flexibility index (Phi) is 4.70. The number of aryl methyl sites for hydroxylation is 1. The van der Waals surface area contributed by atoms with Crippen LogP contribution in [-0.2, 0) is 9.59 Å². The molecule has 2 amide bonds. The van der Waals surface area contributed by atoms with Crippen molar-refractivity contribution in [1.82, 2.24) is 10.2 Å². The van der Waals surface area contributed by atoms with Crippen LogP contribution in [0.3, 0.4) is 0 Å². The number of benzene rings is 1. The molecule has 1 saturated heterocycles. The van der Waals surface area contributed by atoms with Crippen molar-refractivity contribution in [3.63, 3.8) is 0 Å². The summed E-state index contributed by atoms with van der Waals surface area (Å²) in [5, 5.41) is 5.94. The fraction of sp³-hybridized carbons (Fsp3) is 0.429. The third-order valence-corrected chi connectivity index (χ3v) is 3.33. The van der Waals surface area contributed by atoms with Gasteiger partial charge in [0.1, 0.15) is 6.04 Å². The van der Waals surface area contributed by atoms with Crippen LogP contribution in [-0.4, -0.2) is 48.9 Å². The SMILES string of the molecule is Cc1cccc(NC(=O)CN2CCNCC2C(N)=O)c1. The van der Waals surface area contributed by atoms with Crippen LogP contribution < -0.4 is 16.4 Å². The van der Waals surface area contributed by atoms with Crippen molar-refractivity contribution >= 4 is 17.5 Å². The summed E-state index contributed by atoms with van der Waals surface area (Å²) in [5.41, 5.74) is 7.20. The van der Waals surface area contributed by atoms with Gasteiger partial charge in [-0.1, -0.05) is 12.1 Å². The van der Waals surface area contributed by atoms with Crippen LogP contribution in [0.1, 0.15) is 5.56 Å². The largest absolute Gasteiger partial charge is 0.368 e. The second kappa shape index (κ2) is 6.49. The zero-order valence-corrected chi connectivity index (χ0v) is 11.6. The van der Waals surface area contributed by atoms with Gasteiger partial charge in [-0.2, -0.15) is 0 Å². The maximum atomic E-state index is 12.0. The van der Waals surface area contributed by atoms with E-state index in [0.717, 1.165) is 17.8 Å². The fourth-order valence-electron chi connectivity index (χ4n) is 2.32. The number of nitrogens with zero attached hydrogens (tertiary/aromatic N) is 1. The fourth-order valence-corrected chi connectivity index (χ4v) is 2.32. The number of nitrogens with two attached hydrogens (primary N) is 1. The summed E-state index contributed by atoms with van der Waals surface area (Å²) in [6.45, 7) is 4.02. The van der Waals surface area contributed by atoms with Crippen molar-refractivity contribution in [2.75, 3.05) is 31.5 Å². The van der Waals surface area contributed by atoms with E-state index in [1.807, 2.05) is 36.1 Å². The van der Waals surface area contributed by atoms with Crippen molar-refractivity contribution in [1.29, 1.82) is 0 Å². The number of carbonyl (C=O) groups excluding carboxylic acids is 2. The number of hydrogen-bond donors (Lipinski definition) is 3. The number of piperazine rings is 1. The molecule has 1 aromatic carbocycles. The molecule has 1 fully saturated rings. The lowest BCUT2D eigenvalue weighted by atomic mass is 10.2. The van der Waals surface area contributed by atoms with Crippen molar-refractivity contribution in [2.24, 2.45) is 5.73 Å². The molecule has 1 aromatic rings. The number of amides is 2. The number of hydrogen-bond acceptors (Lipinski definition) is 4. The summed E-state index contributed by atoms with van der Waals surface area (Å²) in [4.78, 5) is 25.2. The summed E-state index contributed by atoms with van der Waals surface area (Å²) in [6.07, 6.45) is 0. The predicted octanol–water partition coefficient (Wildman–Crippen LogP) is -0.307. The highest BCUT2D eigenvalue weighted by atomic mass is 16.2. The lowest BCUT2D eigenvalue weighted by Gasteiger charge is -2.33. The maximum absolute atomic E-state index is 12.0. The molecule has 0 bridgehead atoms. The van der Waals surface area contributed by atoms with E-state index in [1.54, 1.807) is 0 Å². The van der Waals surface area contributed by atoms with Gasteiger partial charge in [0, 0.05) is 25.3 Å². The Hall–Kier alpha value is -1.92. The predicted molar refractivity (Wildman–Crippen MR) is 77.2 cm³/mol. The van der Waals surface area contributed by atoms with E-state index >= 15 is 0 Å². The van der Waals surface area contributed by atoms with E-state index in [1.165, 1.54) is 0 Å². The number of primary amides is 1. The molecule has 0 saturated carbocycles. The van der Waals surface area contributed by atoms with Crippen molar-refractivity contribution in [2.45, 2.75) is 13.0 Å². The minimum Gasteiger partial charge on any atom is -0.368 e. The quantitative estimate of drug-likeness (QED) is 0.704. The highest BCUT2D eigenvalue weighted by Gasteiger charge is 2.28. The van der Waals surface area contributed by atoms with Crippen LogP contribution in [0.5, 0.6) is 0 Å². The molecule has 2 rings (SSSR count). The molecule has 0 radical (unpaired) electrons. The van der Waals surface area contributed by atoms with Gasteiger partial charge in [-0.15, -0.1) is 0 Å². The first-order valence-electron chi connectivity index (χ1n) is 6.67. The minimum atomic E-state index is -0.424. The van der Waals surface area contributed by atoms with Crippen LogP contribution in [0.25, 0.3) is 0 Å². The Balaban J connectivity index is 1.94. The van der Waals surface area contributed by atoms with Gasteiger partial charge in [0.05, 0.1) is 6.54 Å². The standard InChI is InChI=1S/C14H20N4O2/c1-10-3-2-4-11(7-10)17-13(19)9-18-6-5-16-8-12(18)14(15)20/h2-4,7,12,16H,5-6,8-9H2,1H3,(H2,15,20)(H,17,19). The summed E-state index contributed by atoms with van der Waals surface area (Å²) < 4.78 is 0. The van der Waals surface area contributed by atoms with Crippen molar-refractivity contribution < 1.29 is 9.59 Å². The Bertz CT molecular complexity index is 504. The molecule has 1 heterocycles. The topological polar surface area (TPSA) is 87.5 Å². The zero-order chi connectivity index (χ0) is 14.5. The third kappa shape index (κ3) is 3.79. The van der Waals surface area contributed by atoms with Gasteiger partial charge < -0.3 is 16.4 Å². The van der Waals surface area contributed by atoms with Crippen LogP contribution in [0.4, 0.5) is 5.69 Å². The van der Waals surface area contributed by atoms with Crippen molar-refractivity contribution in [3.05, 3.63) is 29.8 Å². The minimum absolute atomic E-state index is 0.135. The van der Waals surface area contributed by atoms with Gasteiger partial charge in [-0.25, -0.2) is 0 Å². The Morgan fingerprint density at radius 1 is 1.50 bits per heavy atom. The van der Waals surface area contributed by atoms with E-state index < -0.39 is 11.9 Å². The third-order valence-electron chi connectivity index (χ3n) is 3.33. The highest BCUT2D eigenvalue weighted by Crippen LogP contribution is 2.10. The summed E-state index contributed by atoms with van der Waals surface area (Å²) in [6, 6.07) is 7.18. The molecule has 1 unspecified atom stereocenters. The zero-order valence-electron chi connectivity index (χ0n) is 11.6. The van der Waals surface area contributed by atoms with Gasteiger partial charge >= 0.3 is 0 Å². The van der Waals surface area contributed by atoms with Crippen LogP contribution in [0, 0.1) is 6.92 Å². The molecule has 1 aliphatic heterocycles. The molecular formula is C14H20N4O2. The first-order valence-corrected chi connectivity index (χ1v) is 6.67. The smallest absolute Gasteiger partial charge is 0.238 e. The lowest BCUT2D eigenvalue weighted by Crippen LogP contribution is -2.58. The average Bonchev–Trinajstić information content (AvgIpc) is 2.38. The van der Waals surface area contributed by atoms with Crippen molar-refractivity contribution in [3.8, 4) is 0 Å². The molecule has 6 heteroatoms. The highest BCUT2D eigenvalue weighted by molar-refractivity contribution is 5.93. The molecule has 4 N–H and O–H groups in total. The van der Waals surface area contributed by atoms with Gasteiger partial charge in [-0.05, 0) is 24.6 Å². The molecule has 0 aromatic heterocycles. The molecule has 1 atom stereocenters. The molecular weight excluding hydrogens is 256 g/mol. The summed E-state index contributed by atoms with van der Waals surface area (Å²) >= 11 is 0. The number of rotatable bonds is 4. The van der Waals surface area contributed by atoms with Crippen LogP contribution in [0.15, 0.2) is 24.3 Å². The van der Waals surface area contributed by atoms with Gasteiger partial charge in [0.2, 0.25) is 11.8 Å². The molecule has 0 spiro atoms. The Morgan fingerprint density at radius 3 is 3.00 bits per heavy atom. The van der Waals surface area contributed by atoms with E-state index in [4.69, 9.17) is 5.73 Å². The normalized spacial score (nSPS) is 19.6. The first kappa shape index (κ1) is 14.5. The first-order chi connectivity index (χ1) is 9.56. The molecule has 0 aliphatic carbocycles. The lowest BCUT2D eigenvalue weighted by molar-refractivity contribution is -0.125. The number of nitrogens with one attached hydrogen (secondary N) is 2. The van der Waals surface area contributed by atoms with E-state index in [9.17, 15) is 9.59 Å². The van der Waals surface area contributed by atoms with Gasteiger partial charge in [0.25, 0.3) is 0 Å². The second-order valence-corrected chi connectivity index (χ2v) is 5.01. The van der Waals surface area contributed by atoms with Crippen LogP contribution >= 0.6 is 0 Å². The van der Waals surface area contributed by atoms with E-state index in [2.05, 4.69) is 10.6 Å². The number of carbonyl (C=O) groups is 2. The maximum Gasteiger partial charge on any atom is 0.238 e. The monoisotopic (exact) mass is 276 g/mol. The Morgan fingerprint density at radius 2 is 2.30 bits per heavy atom. The van der Waals surface area contributed by atoms with E-state index in [-0.39, 0.29) is 12.5 Å². The number of anilines is 1. The second-order valence-electron chi connectivity index (χ2n) is 5.01. The van der Waals surface area contributed by atoms with Crippen LogP contribution in [0.2, 0.25) is 0 Å². The van der Waals surface area contributed by atoms with Gasteiger partial charge in [0.15, 0.2) is 0 Å². The molecule has 6 nitrogen and oxygen atoms in total. The molecule has 108 valence electrons. The molecule has 1 aliphatic rings. The van der Waals surface area contributed by atoms with Gasteiger partial charge in [-0.3, -0.25) is 14.5 Å². The van der Waals surface area contributed by atoms with E-state index in [0.29, 0.717) is 13.1 Å². The Labute approximate surface area is 118 Å². The average molecular weight is 276 g/mol. The summed E-state index contributed by atoms with van der Waals surface area (Å²) in [5.74, 6) is -0.538. The summed E-state index contributed by atoms with van der Waals surface area (Å²) in [7, 11) is 0.